The first-order valence-electron chi connectivity index (χ1n) is 7.53. The first-order chi connectivity index (χ1) is 11.3. The van der Waals surface area contributed by atoms with Gasteiger partial charge in [0.15, 0.2) is 0 Å². The summed E-state index contributed by atoms with van der Waals surface area (Å²) in [6, 6.07) is 23.3. The second-order valence-corrected chi connectivity index (χ2v) is 7.25. The molecule has 0 fully saturated rings. The second-order valence-electron chi connectivity index (χ2n) is 5.45. The Morgan fingerprint density at radius 3 is 2.48 bits per heavy atom. The topological polar surface area (TPSA) is 15.6 Å². The van der Waals surface area contributed by atoms with Crippen molar-refractivity contribution in [2.24, 2.45) is 5.10 Å². The summed E-state index contributed by atoms with van der Waals surface area (Å²) in [5, 5.41) is 9.20. The molecule has 0 bridgehead atoms. The fourth-order valence-corrected chi connectivity index (χ4v) is 4.08. The van der Waals surface area contributed by atoms with Crippen LogP contribution in [0.3, 0.4) is 0 Å². The highest BCUT2D eigenvalue weighted by Gasteiger charge is 2.30. The van der Waals surface area contributed by atoms with Crippen LogP contribution < -0.4 is 5.01 Å². The van der Waals surface area contributed by atoms with Crippen molar-refractivity contribution in [3.63, 3.8) is 0 Å². The highest BCUT2D eigenvalue weighted by atomic mass is 79.9. The number of hydrogen-bond donors (Lipinski definition) is 0. The van der Waals surface area contributed by atoms with E-state index in [0.717, 1.165) is 22.3 Å². The minimum atomic E-state index is 0.229. The predicted molar refractivity (Wildman–Crippen MR) is 101 cm³/mol. The molecule has 0 saturated heterocycles. The molecule has 0 unspecified atom stereocenters. The zero-order valence-corrected chi connectivity index (χ0v) is 14.8. The SMILES string of the molecule is Brc1ccccc1N1N=C(c2cccs2)C[C@H]1c1ccccc1. The summed E-state index contributed by atoms with van der Waals surface area (Å²) < 4.78 is 1.07. The Morgan fingerprint density at radius 2 is 1.74 bits per heavy atom. The maximum Gasteiger partial charge on any atom is 0.0832 e. The molecule has 2 heterocycles. The Balaban J connectivity index is 1.79. The van der Waals surface area contributed by atoms with E-state index in [2.05, 4.69) is 87.0 Å². The van der Waals surface area contributed by atoms with Gasteiger partial charge < -0.3 is 0 Å². The molecule has 0 saturated carbocycles. The van der Waals surface area contributed by atoms with Crippen molar-refractivity contribution >= 4 is 38.7 Å². The molecule has 2 aromatic carbocycles. The van der Waals surface area contributed by atoms with Gasteiger partial charge in [0, 0.05) is 10.9 Å². The van der Waals surface area contributed by atoms with Crippen LogP contribution in [0.4, 0.5) is 5.69 Å². The molecular weight excluding hydrogens is 368 g/mol. The van der Waals surface area contributed by atoms with E-state index in [4.69, 9.17) is 5.10 Å². The van der Waals surface area contributed by atoms with Gasteiger partial charge in [-0.1, -0.05) is 48.5 Å². The number of rotatable bonds is 3. The lowest BCUT2D eigenvalue weighted by atomic mass is 10.0. The first-order valence-corrected chi connectivity index (χ1v) is 9.20. The van der Waals surface area contributed by atoms with Crippen LogP contribution in [0, 0.1) is 0 Å². The number of thiophene rings is 1. The minimum absolute atomic E-state index is 0.229. The second kappa shape index (κ2) is 6.30. The molecular formula is C19H15BrN2S. The molecule has 0 aliphatic carbocycles. The molecule has 1 atom stereocenters. The molecule has 0 amide bonds. The fourth-order valence-electron chi connectivity index (χ4n) is 2.90. The van der Waals surface area contributed by atoms with Crippen LogP contribution in [0.15, 0.2) is 81.7 Å². The van der Waals surface area contributed by atoms with Gasteiger partial charge in [0.25, 0.3) is 0 Å². The van der Waals surface area contributed by atoms with Crippen molar-refractivity contribution in [2.75, 3.05) is 5.01 Å². The average Bonchev–Trinajstić information content (AvgIpc) is 3.26. The normalized spacial score (nSPS) is 17.3. The van der Waals surface area contributed by atoms with E-state index in [1.54, 1.807) is 11.3 Å². The van der Waals surface area contributed by atoms with Gasteiger partial charge in [0.1, 0.15) is 0 Å². The Bertz CT molecular complexity index is 828. The zero-order valence-electron chi connectivity index (χ0n) is 12.4. The number of hydrazone groups is 1. The lowest BCUT2D eigenvalue weighted by molar-refractivity contribution is 0.707. The lowest BCUT2D eigenvalue weighted by Gasteiger charge is -2.24. The summed E-state index contributed by atoms with van der Waals surface area (Å²) in [6.45, 7) is 0. The van der Waals surface area contributed by atoms with Crippen molar-refractivity contribution in [1.82, 2.24) is 0 Å². The quantitative estimate of drug-likeness (QED) is 0.553. The van der Waals surface area contributed by atoms with Gasteiger partial charge in [-0.05, 0) is 45.1 Å². The summed E-state index contributed by atoms with van der Waals surface area (Å²) in [4.78, 5) is 1.25. The van der Waals surface area contributed by atoms with E-state index in [0.29, 0.717) is 0 Å². The van der Waals surface area contributed by atoms with Crippen molar-refractivity contribution in [3.05, 3.63) is 87.0 Å². The van der Waals surface area contributed by atoms with E-state index in [1.807, 2.05) is 6.07 Å². The average molecular weight is 383 g/mol. The summed E-state index contributed by atoms with van der Waals surface area (Å²) in [7, 11) is 0. The van der Waals surface area contributed by atoms with Crippen molar-refractivity contribution in [3.8, 4) is 0 Å². The zero-order chi connectivity index (χ0) is 15.6. The predicted octanol–water partition coefficient (Wildman–Crippen LogP) is 5.87. The van der Waals surface area contributed by atoms with E-state index in [-0.39, 0.29) is 6.04 Å². The van der Waals surface area contributed by atoms with Crippen LogP contribution in [-0.4, -0.2) is 5.71 Å². The molecule has 1 aromatic heterocycles. The molecule has 114 valence electrons. The van der Waals surface area contributed by atoms with Gasteiger partial charge in [-0.3, -0.25) is 5.01 Å². The van der Waals surface area contributed by atoms with Gasteiger partial charge in [-0.25, -0.2) is 0 Å². The van der Waals surface area contributed by atoms with Crippen molar-refractivity contribution in [2.45, 2.75) is 12.5 Å². The smallest absolute Gasteiger partial charge is 0.0832 e. The molecule has 4 heteroatoms. The Kier molecular flexibility index (Phi) is 4.02. The minimum Gasteiger partial charge on any atom is -0.256 e. The number of benzene rings is 2. The van der Waals surface area contributed by atoms with Crippen LogP contribution in [0.1, 0.15) is 22.9 Å². The highest BCUT2D eigenvalue weighted by molar-refractivity contribution is 9.10. The monoisotopic (exact) mass is 382 g/mol. The third-order valence-electron chi connectivity index (χ3n) is 4.00. The van der Waals surface area contributed by atoms with E-state index in [9.17, 15) is 0 Å². The summed E-state index contributed by atoms with van der Waals surface area (Å²) in [5.41, 5.74) is 3.55. The Labute approximate surface area is 148 Å². The molecule has 1 aliphatic heterocycles. The van der Waals surface area contributed by atoms with Gasteiger partial charge in [-0.2, -0.15) is 5.10 Å². The molecule has 4 rings (SSSR count). The number of anilines is 1. The van der Waals surface area contributed by atoms with Crippen LogP contribution in [0.25, 0.3) is 0 Å². The largest absolute Gasteiger partial charge is 0.256 e. The molecule has 23 heavy (non-hydrogen) atoms. The Morgan fingerprint density at radius 1 is 0.957 bits per heavy atom. The molecule has 0 radical (unpaired) electrons. The van der Waals surface area contributed by atoms with Crippen LogP contribution in [-0.2, 0) is 0 Å². The molecule has 3 aromatic rings. The van der Waals surface area contributed by atoms with Crippen LogP contribution in [0.5, 0.6) is 0 Å². The van der Waals surface area contributed by atoms with Crippen LogP contribution >= 0.6 is 27.3 Å². The number of halogens is 1. The van der Waals surface area contributed by atoms with Crippen molar-refractivity contribution < 1.29 is 0 Å². The molecule has 0 N–H and O–H groups in total. The van der Waals surface area contributed by atoms with Crippen LogP contribution in [0.2, 0.25) is 0 Å². The molecule has 2 nitrogen and oxygen atoms in total. The Hall–Kier alpha value is -1.91. The molecule has 0 spiro atoms. The number of para-hydroxylation sites is 1. The first kappa shape index (κ1) is 14.7. The van der Waals surface area contributed by atoms with Gasteiger partial charge in [-0.15, -0.1) is 11.3 Å². The van der Waals surface area contributed by atoms with E-state index >= 15 is 0 Å². The molecule has 1 aliphatic rings. The lowest BCUT2D eigenvalue weighted by Crippen LogP contribution is -2.18. The third kappa shape index (κ3) is 2.84. The highest BCUT2D eigenvalue weighted by Crippen LogP contribution is 2.40. The summed E-state index contributed by atoms with van der Waals surface area (Å²) in [5.74, 6) is 0. The standard InChI is InChI=1S/C19H15BrN2S/c20-15-9-4-5-10-17(15)22-18(14-7-2-1-3-8-14)13-16(21-22)19-11-6-12-23-19/h1-12,18H,13H2/t18-/m0/s1. The summed E-state index contributed by atoms with van der Waals surface area (Å²) in [6.07, 6.45) is 0.922. The van der Waals surface area contributed by atoms with Gasteiger partial charge in [0.05, 0.1) is 22.3 Å². The van der Waals surface area contributed by atoms with E-state index < -0.39 is 0 Å². The van der Waals surface area contributed by atoms with Crippen molar-refractivity contribution in [1.29, 1.82) is 0 Å². The number of nitrogens with zero attached hydrogens (tertiary/aromatic N) is 2. The number of hydrogen-bond acceptors (Lipinski definition) is 3. The maximum atomic E-state index is 4.95. The summed E-state index contributed by atoms with van der Waals surface area (Å²) >= 11 is 5.42. The maximum absolute atomic E-state index is 4.95. The fraction of sp³-hybridized carbons (Fsp3) is 0.105. The van der Waals surface area contributed by atoms with E-state index in [1.165, 1.54) is 10.4 Å². The third-order valence-corrected chi connectivity index (χ3v) is 5.59. The van der Waals surface area contributed by atoms with Gasteiger partial charge in [0.2, 0.25) is 0 Å². The van der Waals surface area contributed by atoms with Gasteiger partial charge >= 0.3 is 0 Å².